The van der Waals surface area contributed by atoms with E-state index in [4.69, 9.17) is 0 Å². The van der Waals surface area contributed by atoms with E-state index in [1.54, 1.807) is 24.3 Å². The number of nitrogens with one attached hydrogen (secondary N) is 3. The van der Waals surface area contributed by atoms with Crippen LogP contribution in [0.15, 0.2) is 102 Å². The third kappa shape index (κ3) is 5.68. The number of hydrogen-bond acceptors (Lipinski definition) is 6. The van der Waals surface area contributed by atoms with E-state index < -0.39 is 6.04 Å². The van der Waals surface area contributed by atoms with Gasteiger partial charge in [-0.1, -0.05) is 48.5 Å². The molecule has 1 amide bonds. The lowest BCUT2D eigenvalue weighted by Gasteiger charge is -2.18. The van der Waals surface area contributed by atoms with Gasteiger partial charge in [0.15, 0.2) is 11.6 Å². The molecule has 1 aliphatic rings. The molecular formula is C33H30N4O3. The van der Waals surface area contributed by atoms with Crippen molar-refractivity contribution in [2.24, 2.45) is 0 Å². The Morgan fingerprint density at radius 3 is 2.35 bits per heavy atom. The number of ketones is 2. The minimum absolute atomic E-state index is 0.0718. The number of carbonyl (C=O) groups excluding carboxylic acids is 3. The molecule has 5 rings (SSSR count). The highest BCUT2D eigenvalue weighted by atomic mass is 16.2. The number of fused-ring (bicyclic) bond motifs is 1. The fourth-order valence-electron chi connectivity index (χ4n) is 4.90. The molecule has 0 fully saturated rings. The maximum absolute atomic E-state index is 12.9. The van der Waals surface area contributed by atoms with Crippen molar-refractivity contribution in [1.29, 1.82) is 0 Å². The van der Waals surface area contributed by atoms with Gasteiger partial charge in [0.2, 0.25) is 5.91 Å². The van der Waals surface area contributed by atoms with E-state index in [0.29, 0.717) is 22.5 Å². The smallest absolute Gasteiger partial charge is 0.228 e. The Morgan fingerprint density at radius 2 is 1.60 bits per heavy atom. The Labute approximate surface area is 233 Å². The van der Waals surface area contributed by atoms with E-state index in [2.05, 4.69) is 20.9 Å². The molecule has 0 radical (unpaired) electrons. The molecule has 4 aromatic rings. The normalized spacial score (nSPS) is 14.3. The molecule has 3 aromatic carbocycles. The predicted octanol–water partition coefficient (Wildman–Crippen LogP) is 6.04. The van der Waals surface area contributed by atoms with Crippen molar-refractivity contribution in [3.63, 3.8) is 0 Å². The number of allylic oxidation sites excluding steroid dienone is 1. The number of Topliss-reactive ketones (excluding diaryl/α,β-unsaturated/α-hetero) is 2. The molecule has 0 saturated carbocycles. The first-order valence-electron chi connectivity index (χ1n) is 13.1. The number of benzene rings is 3. The van der Waals surface area contributed by atoms with Gasteiger partial charge in [-0.25, -0.2) is 0 Å². The second-order valence-corrected chi connectivity index (χ2v) is 9.85. The van der Waals surface area contributed by atoms with Gasteiger partial charge in [0.1, 0.15) is 0 Å². The molecule has 0 spiro atoms. The lowest BCUT2D eigenvalue weighted by atomic mass is 10.0. The number of hydrogen-bond donors (Lipinski definition) is 3. The maximum atomic E-state index is 12.9. The summed E-state index contributed by atoms with van der Waals surface area (Å²) in [5.41, 5.74) is 6.81. The molecule has 7 nitrogen and oxygen atoms in total. The van der Waals surface area contributed by atoms with E-state index in [1.807, 2.05) is 73.8 Å². The minimum Gasteiger partial charge on any atom is -0.374 e. The van der Waals surface area contributed by atoms with Crippen LogP contribution in [0, 0.1) is 6.92 Å². The third-order valence-electron chi connectivity index (χ3n) is 6.88. The lowest BCUT2D eigenvalue weighted by molar-refractivity contribution is -0.119. The Morgan fingerprint density at radius 1 is 0.875 bits per heavy atom. The van der Waals surface area contributed by atoms with Crippen LogP contribution in [0.5, 0.6) is 0 Å². The van der Waals surface area contributed by atoms with E-state index in [0.717, 1.165) is 33.4 Å². The van der Waals surface area contributed by atoms with Gasteiger partial charge < -0.3 is 16.0 Å². The summed E-state index contributed by atoms with van der Waals surface area (Å²) in [4.78, 5) is 42.0. The van der Waals surface area contributed by atoms with E-state index in [-0.39, 0.29) is 23.9 Å². The average molecular weight is 531 g/mol. The topological polar surface area (TPSA) is 100 Å². The molecule has 0 saturated heterocycles. The number of aromatic nitrogens is 1. The van der Waals surface area contributed by atoms with Crippen LogP contribution < -0.4 is 16.0 Å². The average Bonchev–Trinajstić information content (AvgIpc) is 3.33. The van der Waals surface area contributed by atoms with Crippen molar-refractivity contribution in [1.82, 2.24) is 10.3 Å². The molecular weight excluding hydrogens is 500 g/mol. The van der Waals surface area contributed by atoms with Crippen LogP contribution in [0.25, 0.3) is 10.9 Å². The highest BCUT2D eigenvalue weighted by molar-refractivity contribution is 6.01. The summed E-state index contributed by atoms with van der Waals surface area (Å²) >= 11 is 0. The Kier molecular flexibility index (Phi) is 7.55. The van der Waals surface area contributed by atoms with Gasteiger partial charge in [-0.3, -0.25) is 19.4 Å². The molecule has 1 aliphatic carbocycles. The van der Waals surface area contributed by atoms with Crippen LogP contribution in [0.4, 0.5) is 17.1 Å². The number of para-hydroxylation sites is 2. The molecule has 3 N–H and O–H groups in total. The summed E-state index contributed by atoms with van der Waals surface area (Å²) in [7, 11) is 0. The SMILES string of the molecule is CC(=O)C1=C(NC(=O)Cc2ccc(Nc3c(C)cnc4ccccc34)cc2)C=CC1Nc1ccccc1C(C)=O. The van der Waals surface area contributed by atoms with Crippen LogP contribution in [0.2, 0.25) is 0 Å². The number of aryl methyl sites for hydroxylation is 1. The number of amides is 1. The molecule has 7 heteroatoms. The monoisotopic (exact) mass is 530 g/mol. The molecule has 1 unspecified atom stereocenters. The van der Waals surface area contributed by atoms with E-state index in [9.17, 15) is 14.4 Å². The first-order valence-corrected chi connectivity index (χ1v) is 13.1. The van der Waals surface area contributed by atoms with Crippen molar-refractivity contribution in [2.75, 3.05) is 10.6 Å². The Balaban J connectivity index is 1.27. The third-order valence-corrected chi connectivity index (χ3v) is 6.88. The second kappa shape index (κ2) is 11.4. The van der Waals surface area contributed by atoms with Crippen LogP contribution >= 0.6 is 0 Å². The first-order chi connectivity index (χ1) is 19.3. The summed E-state index contributed by atoms with van der Waals surface area (Å²) < 4.78 is 0. The summed E-state index contributed by atoms with van der Waals surface area (Å²) in [6.07, 6.45) is 5.56. The number of rotatable bonds is 9. The second-order valence-electron chi connectivity index (χ2n) is 9.85. The fourth-order valence-corrected chi connectivity index (χ4v) is 4.90. The quantitative estimate of drug-likeness (QED) is 0.228. The summed E-state index contributed by atoms with van der Waals surface area (Å²) in [5.74, 6) is -0.454. The number of anilines is 3. The molecule has 0 bridgehead atoms. The minimum atomic E-state index is -0.452. The standard InChI is InChI=1S/C33H30N4O3/c1-20-19-34-27-10-6-5-9-26(27)33(20)35-24-14-12-23(13-15-24)18-31(40)37-30-17-16-29(32(30)22(3)39)36-28-11-7-4-8-25(28)21(2)38/h4-17,19,29,36H,18H2,1-3H3,(H,34,35)(H,37,40). The molecule has 200 valence electrons. The number of pyridine rings is 1. The zero-order valence-corrected chi connectivity index (χ0v) is 22.6. The Bertz CT molecular complexity index is 1690. The van der Waals surface area contributed by atoms with E-state index >= 15 is 0 Å². The zero-order chi connectivity index (χ0) is 28.2. The van der Waals surface area contributed by atoms with Gasteiger partial charge in [0.25, 0.3) is 0 Å². The van der Waals surface area contributed by atoms with Gasteiger partial charge in [0.05, 0.1) is 23.7 Å². The van der Waals surface area contributed by atoms with Crippen molar-refractivity contribution in [3.8, 4) is 0 Å². The maximum Gasteiger partial charge on any atom is 0.228 e. The van der Waals surface area contributed by atoms with E-state index in [1.165, 1.54) is 13.8 Å². The van der Waals surface area contributed by atoms with Crippen LogP contribution in [-0.2, 0) is 16.0 Å². The van der Waals surface area contributed by atoms with Crippen molar-refractivity contribution >= 4 is 45.4 Å². The van der Waals surface area contributed by atoms with Gasteiger partial charge in [-0.05, 0) is 68.3 Å². The van der Waals surface area contributed by atoms with Gasteiger partial charge in [-0.2, -0.15) is 0 Å². The van der Waals surface area contributed by atoms with Crippen LogP contribution in [0.3, 0.4) is 0 Å². The summed E-state index contributed by atoms with van der Waals surface area (Å²) in [5, 5.41) is 10.7. The van der Waals surface area contributed by atoms with Crippen LogP contribution in [-0.4, -0.2) is 28.5 Å². The van der Waals surface area contributed by atoms with Crippen molar-refractivity contribution in [2.45, 2.75) is 33.2 Å². The molecule has 40 heavy (non-hydrogen) atoms. The van der Waals surface area contributed by atoms with Gasteiger partial charge in [0, 0.05) is 39.8 Å². The predicted molar refractivity (Wildman–Crippen MR) is 159 cm³/mol. The largest absolute Gasteiger partial charge is 0.374 e. The van der Waals surface area contributed by atoms with Gasteiger partial charge in [-0.15, -0.1) is 0 Å². The van der Waals surface area contributed by atoms with Crippen molar-refractivity contribution in [3.05, 3.63) is 119 Å². The number of carbonyl (C=O) groups is 3. The zero-order valence-electron chi connectivity index (χ0n) is 22.6. The molecule has 1 heterocycles. The summed E-state index contributed by atoms with van der Waals surface area (Å²) in [6, 6.07) is 22.4. The molecule has 1 aromatic heterocycles. The lowest BCUT2D eigenvalue weighted by Crippen LogP contribution is -2.29. The molecule has 1 atom stereocenters. The van der Waals surface area contributed by atoms with Crippen molar-refractivity contribution < 1.29 is 14.4 Å². The van der Waals surface area contributed by atoms with Gasteiger partial charge >= 0.3 is 0 Å². The first kappa shape index (κ1) is 26.6. The van der Waals surface area contributed by atoms with Crippen LogP contribution in [0.1, 0.15) is 35.3 Å². The number of nitrogens with zero attached hydrogens (tertiary/aromatic N) is 1. The fraction of sp³-hybridized carbons (Fsp3) is 0.152. The summed E-state index contributed by atoms with van der Waals surface area (Å²) in [6.45, 7) is 4.99. The molecule has 0 aliphatic heterocycles. The Hall–Kier alpha value is -5.04. The highest BCUT2D eigenvalue weighted by Crippen LogP contribution is 2.29. The highest BCUT2D eigenvalue weighted by Gasteiger charge is 2.26.